The van der Waals surface area contributed by atoms with Crippen molar-refractivity contribution in [1.82, 2.24) is 5.32 Å². The van der Waals surface area contributed by atoms with E-state index in [1.165, 1.54) is 0 Å². The Kier molecular flexibility index (Phi) is 2.85. The summed E-state index contributed by atoms with van der Waals surface area (Å²) in [7, 11) is 0. The summed E-state index contributed by atoms with van der Waals surface area (Å²) in [5, 5.41) is 2.37. The van der Waals surface area contributed by atoms with Crippen LogP contribution in [0.5, 0.6) is 0 Å². The third kappa shape index (κ3) is 3.26. The molecule has 1 heterocycles. The summed E-state index contributed by atoms with van der Waals surface area (Å²) < 4.78 is 5.10. The van der Waals surface area contributed by atoms with Crippen molar-refractivity contribution in [2.45, 2.75) is 32.4 Å². The van der Waals surface area contributed by atoms with Gasteiger partial charge in [-0.1, -0.05) is 11.8 Å². The van der Waals surface area contributed by atoms with Gasteiger partial charge in [-0.15, -0.1) is 0 Å². The van der Waals surface area contributed by atoms with E-state index in [-0.39, 0.29) is 11.2 Å². The van der Waals surface area contributed by atoms with Crippen molar-refractivity contribution >= 4 is 23.0 Å². The summed E-state index contributed by atoms with van der Waals surface area (Å²) in [6.07, 6.45) is 0. The molecule has 0 aromatic heterocycles. The Labute approximate surface area is 81.4 Å². The minimum Gasteiger partial charge on any atom is -0.458 e. The molecule has 1 saturated heterocycles. The highest BCUT2D eigenvalue weighted by Gasteiger charge is 2.31. The van der Waals surface area contributed by atoms with Crippen molar-refractivity contribution < 1.29 is 14.3 Å². The van der Waals surface area contributed by atoms with Crippen molar-refractivity contribution in [3.8, 4) is 0 Å². The van der Waals surface area contributed by atoms with Crippen LogP contribution in [-0.2, 0) is 9.53 Å². The molecule has 4 nitrogen and oxygen atoms in total. The van der Waals surface area contributed by atoms with Gasteiger partial charge in [-0.3, -0.25) is 4.79 Å². The lowest BCUT2D eigenvalue weighted by atomic mass is 10.2. The maximum absolute atomic E-state index is 11.4. The summed E-state index contributed by atoms with van der Waals surface area (Å²) in [4.78, 5) is 22.1. The summed E-state index contributed by atoms with van der Waals surface area (Å²) in [5.74, 6) is 0.110. The third-order valence-electron chi connectivity index (χ3n) is 1.36. The van der Waals surface area contributed by atoms with E-state index in [1.807, 2.05) is 0 Å². The van der Waals surface area contributed by atoms with Crippen LogP contribution < -0.4 is 5.32 Å². The number of hydrogen-bond donors (Lipinski definition) is 1. The number of ether oxygens (including phenoxy) is 1. The SMILES string of the molecule is CC(C)(C)OC(=O)C1CSC(=O)N1. The number of nitrogens with one attached hydrogen (secondary N) is 1. The fourth-order valence-electron chi connectivity index (χ4n) is 0.884. The number of carbonyl (C=O) groups is 2. The number of carbonyl (C=O) groups excluding carboxylic acids is 2. The zero-order valence-electron chi connectivity index (χ0n) is 7.92. The highest BCUT2D eigenvalue weighted by Crippen LogP contribution is 2.16. The first-order valence-corrected chi connectivity index (χ1v) is 5.03. The smallest absolute Gasteiger partial charge is 0.330 e. The minimum absolute atomic E-state index is 0.157. The Hall–Kier alpha value is -0.710. The van der Waals surface area contributed by atoms with E-state index in [0.29, 0.717) is 5.75 Å². The lowest BCUT2D eigenvalue weighted by molar-refractivity contribution is -0.156. The molecular weight excluding hydrogens is 190 g/mol. The van der Waals surface area contributed by atoms with Gasteiger partial charge in [0.05, 0.1) is 0 Å². The van der Waals surface area contributed by atoms with E-state index in [9.17, 15) is 9.59 Å². The largest absolute Gasteiger partial charge is 0.458 e. The molecule has 1 N–H and O–H groups in total. The molecule has 13 heavy (non-hydrogen) atoms. The van der Waals surface area contributed by atoms with E-state index in [1.54, 1.807) is 20.8 Å². The van der Waals surface area contributed by atoms with E-state index in [0.717, 1.165) is 11.8 Å². The Morgan fingerprint density at radius 1 is 1.62 bits per heavy atom. The average Bonchev–Trinajstić information content (AvgIpc) is 2.31. The molecule has 1 aliphatic rings. The van der Waals surface area contributed by atoms with Gasteiger partial charge < -0.3 is 10.1 Å². The quantitative estimate of drug-likeness (QED) is 0.650. The van der Waals surface area contributed by atoms with Crippen molar-refractivity contribution in [2.75, 3.05) is 5.75 Å². The third-order valence-corrected chi connectivity index (χ3v) is 2.24. The van der Waals surface area contributed by atoms with Crippen LogP contribution in [0.1, 0.15) is 20.8 Å². The van der Waals surface area contributed by atoms with Crippen molar-refractivity contribution in [3.05, 3.63) is 0 Å². The molecule has 1 fully saturated rings. The van der Waals surface area contributed by atoms with Crippen LogP contribution in [0.2, 0.25) is 0 Å². The maximum atomic E-state index is 11.4. The van der Waals surface area contributed by atoms with Gasteiger partial charge >= 0.3 is 5.97 Å². The number of amides is 1. The molecule has 0 aromatic carbocycles. The number of esters is 1. The second kappa shape index (κ2) is 3.57. The van der Waals surface area contributed by atoms with Gasteiger partial charge in [-0.2, -0.15) is 0 Å². The molecule has 0 spiro atoms. The monoisotopic (exact) mass is 203 g/mol. The highest BCUT2D eigenvalue weighted by atomic mass is 32.2. The predicted molar refractivity (Wildman–Crippen MR) is 50.6 cm³/mol. The number of hydrogen-bond acceptors (Lipinski definition) is 4. The lowest BCUT2D eigenvalue weighted by Crippen LogP contribution is -2.39. The highest BCUT2D eigenvalue weighted by molar-refractivity contribution is 8.14. The lowest BCUT2D eigenvalue weighted by Gasteiger charge is -2.21. The molecule has 0 radical (unpaired) electrons. The molecule has 1 amide bonds. The Bertz CT molecular complexity index is 234. The fourth-order valence-corrected chi connectivity index (χ4v) is 1.65. The molecule has 74 valence electrons. The number of thioether (sulfide) groups is 1. The standard InChI is InChI=1S/C8H13NO3S/c1-8(2,3)12-6(10)5-4-13-7(11)9-5/h5H,4H2,1-3H3,(H,9,11). The van der Waals surface area contributed by atoms with Crippen LogP contribution in [0.15, 0.2) is 0 Å². The van der Waals surface area contributed by atoms with E-state index >= 15 is 0 Å². The van der Waals surface area contributed by atoms with Crippen LogP contribution in [0.25, 0.3) is 0 Å². The second-order valence-corrected chi connectivity index (χ2v) is 4.82. The first kappa shape index (κ1) is 10.4. The zero-order valence-corrected chi connectivity index (χ0v) is 8.73. The molecule has 0 bridgehead atoms. The van der Waals surface area contributed by atoms with Crippen LogP contribution in [-0.4, -0.2) is 28.6 Å². The zero-order chi connectivity index (χ0) is 10.1. The van der Waals surface area contributed by atoms with Crippen LogP contribution in [0.4, 0.5) is 4.79 Å². The van der Waals surface area contributed by atoms with Crippen LogP contribution >= 0.6 is 11.8 Å². The second-order valence-electron chi connectivity index (χ2n) is 3.83. The van der Waals surface area contributed by atoms with Gasteiger partial charge in [0.15, 0.2) is 0 Å². The molecule has 0 aromatic rings. The molecule has 0 aliphatic carbocycles. The van der Waals surface area contributed by atoms with Crippen molar-refractivity contribution in [1.29, 1.82) is 0 Å². The maximum Gasteiger partial charge on any atom is 0.330 e. The Balaban J connectivity index is 2.45. The molecule has 0 saturated carbocycles. The minimum atomic E-state index is -0.491. The fraction of sp³-hybridized carbons (Fsp3) is 0.750. The first-order chi connectivity index (χ1) is 5.88. The first-order valence-electron chi connectivity index (χ1n) is 4.04. The van der Waals surface area contributed by atoms with Gasteiger partial charge in [-0.05, 0) is 20.8 Å². The molecule has 1 atom stereocenters. The summed E-state index contributed by atoms with van der Waals surface area (Å²) in [6.45, 7) is 5.40. The van der Waals surface area contributed by atoms with Crippen molar-refractivity contribution in [2.24, 2.45) is 0 Å². The molecule has 5 heteroatoms. The van der Waals surface area contributed by atoms with Gasteiger partial charge in [0, 0.05) is 5.75 Å². The molecule has 1 aliphatic heterocycles. The molecule has 1 rings (SSSR count). The Morgan fingerprint density at radius 3 is 2.62 bits per heavy atom. The molecule has 1 unspecified atom stereocenters. The topological polar surface area (TPSA) is 55.4 Å². The van der Waals surface area contributed by atoms with E-state index in [2.05, 4.69) is 5.32 Å². The van der Waals surface area contributed by atoms with Gasteiger partial charge in [0.25, 0.3) is 5.24 Å². The van der Waals surface area contributed by atoms with Gasteiger partial charge in [0.1, 0.15) is 11.6 Å². The van der Waals surface area contributed by atoms with E-state index in [4.69, 9.17) is 4.74 Å². The summed E-state index contributed by atoms with van der Waals surface area (Å²) in [6, 6.07) is -0.475. The normalized spacial score (nSPS) is 22.7. The van der Waals surface area contributed by atoms with Gasteiger partial charge in [0.2, 0.25) is 0 Å². The average molecular weight is 203 g/mol. The van der Waals surface area contributed by atoms with Crippen LogP contribution in [0.3, 0.4) is 0 Å². The Morgan fingerprint density at radius 2 is 2.23 bits per heavy atom. The number of rotatable bonds is 1. The summed E-state index contributed by atoms with van der Waals surface area (Å²) in [5.41, 5.74) is -0.491. The van der Waals surface area contributed by atoms with Gasteiger partial charge in [-0.25, -0.2) is 4.79 Å². The van der Waals surface area contributed by atoms with Crippen LogP contribution in [0, 0.1) is 0 Å². The predicted octanol–water partition coefficient (Wildman–Crippen LogP) is 1.15. The summed E-state index contributed by atoms with van der Waals surface area (Å²) >= 11 is 1.11. The van der Waals surface area contributed by atoms with E-state index < -0.39 is 11.6 Å². The van der Waals surface area contributed by atoms with Crippen molar-refractivity contribution in [3.63, 3.8) is 0 Å². The molecular formula is C8H13NO3S.